The highest BCUT2D eigenvalue weighted by atomic mass is 35.5. The molecular weight excluding hydrogens is 548 g/mol. The van der Waals surface area contributed by atoms with E-state index in [2.05, 4.69) is 5.32 Å². The summed E-state index contributed by atoms with van der Waals surface area (Å²) in [5.41, 5.74) is 2.60. The van der Waals surface area contributed by atoms with Gasteiger partial charge in [-0.3, -0.25) is 9.69 Å². The summed E-state index contributed by atoms with van der Waals surface area (Å²) < 4.78 is 11.2. The molecule has 1 amide bonds. The number of carbonyl (C=O) groups is 2. The van der Waals surface area contributed by atoms with E-state index in [0.29, 0.717) is 41.5 Å². The molecular formula is C31H37ClN2O7. The quantitative estimate of drug-likeness (QED) is 0.176. The number of nitrogens with one attached hydrogen (secondary N) is 1. The third kappa shape index (κ3) is 10.7. The summed E-state index contributed by atoms with van der Waals surface area (Å²) in [5, 5.41) is 34.1. The lowest BCUT2D eigenvalue weighted by Crippen LogP contribution is -2.44. The molecule has 9 nitrogen and oxygen atoms in total. The number of amides is 1. The third-order valence-electron chi connectivity index (χ3n) is 6.58. The number of aliphatic hydroxyl groups is 2. The zero-order chi connectivity index (χ0) is 29.8. The second-order valence-corrected chi connectivity index (χ2v) is 10.4. The summed E-state index contributed by atoms with van der Waals surface area (Å²) in [4.78, 5) is 23.5. The highest BCUT2D eigenvalue weighted by molar-refractivity contribution is 6.30. The molecule has 0 heterocycles. The van der Waals surface area contributed by atoms with E-state index in [1.165, 1.54) is 6.92 Å². The van der Waals surface area contributed by atoms with Crippen molar-refractivity contribution in [2.24, 2.45) is 0 Å². The number of aliphatic hydroxyl groups excluding tert-OH is 2. The zero-order valence-electron chi connectivity index (χ0n) is 23.2. The van der Waals surface area contributed by atoms with Crippen molar-refractivity contribution in [1.29, 1.82) is 0 Å². The number of rotatable bonds is 17. The van der Waals surface area contributed by atoms with Crippen LogP contribution in [0.1, 0.15) is 36.6 Å². The summed E-state index contributed by atoms with van der Waals surface area (Å²) in [6, 6.07) is 21.4. The summed E-state index contributed by atoms with van der Waals surface area (Å²) in [6.45, 7) is 4.47. The highest BCUT2D eigenvalue weighted by Gasteiger charge is 2.23. The van der Waals surface area contributed by atoms with Gasteiger partial charge in [0.1, 0.15) is 24.2 Å². The molecule has 4 N–H and O–H groups in total. The Morgan fingerprint density at radius 2 is 1.63 bits per heavy atom. The zero-order valence-corrected chi connectivity index (χ0v) is 23.9. The molecule has 0 aliphatic carbocycles. The number of carboxylic acid groups (broad SMARTS) is 1. The molecule has 0 saturated heterocycles. The number of carbonyl (C=O) groups excluding carboxylic acids is 1. The number of aliphatic carboxylic acids is 1. The van der Waals surface area contributed by atoms with Gasteiger partial charge >= 0.3 is 5.97 Å². The fourth-order valence-corrected chi connectivity index (χ4v) is 4.48. The lowest BCUT2D eigenvalue weighted by molar-refractivity contribution is -0.144. The van der Waals surface area contributed by atoms with Gasteiger partial charge < -0.3 is 30.1 Å². The predicted octanol–water partition coefficient (Wildman–Crippen LogP) is 3.84. The molecule has 0 spiro atoms. The number of nitrogens with zero attached hydrogens (tertiary/aromatic N) is 1. The van der Waals surface area contributed by atoms with Crippen molar-refractivity contribution in [3.05, 3.63) is 94.5 Å². The molecule has 0 radical (unpaired) electrons. The topological polar surface area (TPSA) is 129 Å². The van der Waals surface area contributed by atoms with Crippen LogP contribution in [0.2, 0.25) is 5.02 Å². The molecule has 4 atom stereocenters. The van der Waals surface area contributed by atoms with E-state index >= 15 is 0 Å². The minimum Gasteiger partial charge on any atom is -0.491 e. The van der Waals surface area contributed by atoms with Gasteiger partial charge in [-0.2, -0.15) is 0 Å². The normalized spacial score (nSPS) is 14.1. The number of hydrogen-bond donors (Lipinski definition) is 4. The number of halogens is 1. The minimum atomic E-state index is -1.04. The maximum Gasteiger partial charge on any atom is 0.344 e. The summed E-state index contributed by atoms with van der Waals surface area (Å²) in [6.07, 6.45) is -1.37. The second-order valence-electron chi connectivity index (χ2n) is 9.93. The van der Waals surface area contributed by atoms with Gasteiger partial charge in [-0.15, -0.1) is 0 Å². The van der Waals surface area contributed by atoms with Crippen molar-refractivity contribution in [3.63, 3.8) is 0 Å². The van der Waals surface area contributed by atoms with Crippen molar-refractivity contribution < 1.29 is 34.4 Å². The van der Waals surface area contributed by atoms with Crippen molar-refractivity contribution in [1.82, 2.24) is 10.2 Å². The molecule has 0 saturated carbocycles. The molecule has 41 heavy (non-hydrogen) atoms. The van der Waals surface area contributed by atoms with Gasteiger partial charge in [0.15, 0.2) is 6.10 Å². The average molecular weight is 585 g/mol. The first-order valence-corrected chi connectivity index (χ1v) is 13.7. The van der Waals surface area contributed by atoms with E-state index in [1.807, 2.05) is 42.2 Å². The number of benzene rings is 3. The number of carboxylic acids is 1. The van der Waals surface area contributed by atoms with Gasteiger partial charge in [0, 0.05) is 30.7 Å². The van der Waals surface area contributed by atoms with E-state index in [-0.39, 0.29) is 25.7 Å². The van der Waals surface area contributed by atoms with Crippen molar-refractivity contribution >= 4 is 24.0 Å². The fraction of sp³-hybridized carbons (Fsp3) is 0.355. The van der Waals surface area contributed by atoms with Gasteiger partial charge in [-0.25, -0.2) is 4.79 Å². The first kappa shape index (κ1) is 31.9. The molecule has 0 aliphatic heterocycles. The molecule has 3 aromatic carbocycles. The van der Waals surface area contributed by atoms with Crippen LogP contribution in [0, 0.1) is 0 Å². The molecule has 3 aromatic rings. The molecule has 0 bridgehead atoms. The van der Waals surface area contributed by atoms with Crippen LogP contribution in [-0.4, -0.2) is 70.5 Å². The monoisotopic (exact) mass is 584 g/mol. The van der Waals surface area contributed by atoms with Crippen LogP contribution in [0.5, 0.6) is 11.5 Å². The van der Waals surface area contributed by atoms with Crippen LogP contribution >= 0.6 is 11.6 Å². The summed E-state index contributed by atoms with van der Waals surface area (Å²) in [7, 11) is 0. The minimum absolute atomic E-state index is 0.0518. The van der Waals surface area contributed by atoms with Crippen LogP contribution in [0.15, 0.2) is 72.8 Å². The van der Waals surface area contributed by atoms with E-state index in [4.69, 9.17) is 26.2 Å². The largest absolute Gasteiger partial charge is 0.491 e. The van der Waals surface area contributed by atoms with Crippen LogP contribution in [0.25, 0.3) is 0 Å². The molecule has 3 rings (SSSR count). The SMILES string of the molecule is CC(Oc1ccc(CC(C)N(CC(O)COc2ccc(CNC=O)cc2)CC(O)c2cccc(Cl)c2)cc1)C(=O)O. The number of ether oxygens (including phenoxy) is 2. The Labute approximate surface area is 245 Å². The van der Waals surface area contributed by atoms with Crippen molar-refractivity contribution in [2.45, 2.75) is 51.2 Å². The summed E-state index contributed by atoms with van der Waals surface area (Å²) in [5.74, 6) is 0.0187. The van der Waals surface area contributed by atoms with Crippen LogP contribution in [0.3, 0.4) is 0 Å². The molecule has 10 heteroatoms. The van der Waals surface area contributed by atoms with Gasteiger partial charge in [0.05, 0.1) is 6.10 Å². The fourth-order valence-electron chi connectivity index (χ4n) is 4.28. The average Bonchev–Trinajstić information content (AvgIpc) is 2.96. The molecule has 0 aliphatic rings. The predicted molar refractivity (Wildman–Crippen MR) is 156 cm³/mol. The van der Waals surface area contributed by atoms with E-state index in [1.54, 1.807) is 42.5 Å². The first-order chi connectivity index (χ1) is 19.6. The Kier molecular flexibility index (Phi) is 12.4. The molecule has 220 valence electrons. The standard InChI is InChI=1S/C31H37ClN2O7/c1-21(14-23-6-12-29(13-7-23)41-22(2)31(38)39)34(18-30(37)25-4-3-5-26(32)15-25)17-27(36)19-40-28-10-8-24(9-11-28)16-33-20-35/h3-13,15,20-22,27,30,36-37H,14,16-19H2,1-2H3,(H,33,35)(H,38,39). The Hall–Kier alpha value is -3.63. The van der Waals surface area contributed by atoms with E-state index < -0.39 is 24.3 Å². The highest BCUT2D eigenvalue weighted by Crippen LogP contribution is 2.22. The lowest BCUT2D eigenvalue weighted by Gasteiger charge is -2.33. The Bertz CT molecular complexity index is 1240. The van der Waals surface area contributed by atoms with E-state index in [0.717, 1.165) is 11.1 Å². The van der Waals surface area contributed by atoms with Crippen LogP contribution in [0.4, 0.5) is 0 Å². The van der Waals surface area contributed by atoms with E-state index in [9.17, 15) is 19.8 Å². The Morgan fingerprint density at radius 3 is 2.27 bits per heavy atom. The Balaban J connectivity index is 1.65. The van der Waals surface area contributed by atoms with Gasteiger partial charge in [0.25, 0.3) is 0 Å². The van der Waals surface area contributed by atoms with Gasteiger partial charge in [0.2, 0.25) is 6.41 Å². The van der Waals surface area contributed by atoms with Crippen molar-refractivity contribution in [2.75, 3.05) is 19.7 Å². The second kappa shape index (κ2) is 16.0. The van der Waals surface area contributed by atoms with Crippen LogP contribution < -0.4 is 14.8 Å². The maximum absolute atomic E-state index is 11.1. The third-order valence-corrected chi connectivity index (χ3v) is 6.81. The van der Waals surface area contributed by atoms with Crippen molar-refractivity contribution in [3.8, 4) is 11.5 Å². The lowest BCUT2D eigenvalue weighted by atomic mass is 10.0. The first-order valence-electron chi connectivity index (χ1n) is 13.4. The van der Waals surface area contributed by atoms with Crippen LogP contribution in [-0.2, 0) is 22.6 Å². The Morgan fingerprint density at radius 1 is 0.976 bits per heavy atom. The smallest absolute Gasteiger partial charge is 0.344 e. The maximum atomic E-state index is 11.1. The summed E-state index contributed by atoms with van der Waals surface area (Å²) >= 11 is 6.13. The van der Waals surface area contributed by atoms with Gasteiger partial charge in [-0.05, 0) is 73.4 Å². The molecule has 0 fully saturated rings. The molecule has 0 aromatic heterocycles. The molecule has 4 unspecified atom stereocenters. The van der Waals surface area contributed by atoms with Gasteiger partial charge in [-0.1, -0.05) is 48.0 Å². The number of hydrogen-bond acceptors (Lipinski definition) is 7.